The van der Waals surface area contributed by atoms with Crippen LogP contribution in [0.25, 0.3) is 0 Å². The van der Waals surface area contributed by atoms with E-state index in [-0.39, 0.29) is 30.7 Å². The highest BCUT2D eigenvalue weighted by molar-refractivity contribution is 6.35. The number of amides is 2. The molecule has 0 aromatic heterocycles. The summed E-state index contributed by atoms with van der Waals surface area (Å²) < 4.78 is 12.8. The van der Waals surface area contributed by atoms with E-state index in [2.05, 4.69) is 5.32 Å². The number of rotatable bonds is 5. The largest absolute Gasteiger partial charge is 0.350 e. The normalized spacial score (nSPS) is 10.3. The van der Waals surface area contributed by atoms with Crippen molar-refractivity contribution in [2.24, 2.45) is 0 Å². The summed E-state index contributed by atoms with van der Waals surface area (Å²) in [4.78, 5) is 25.2. The van der Waals surface area contributed by atoms with Crippen LogP contribution in [-0.2, 0) is 16.1 Å². The van der Waals surface area contributed by atoms with Gasteiger partial charge in [-0.1, -0.05) is 35.3 Å². The average Bonchev–Trinajstić information content (AvgIpc) is 2.50. The second-order valence-corrected chi connectivity index (χ2v) is 6.01. The van der Waals surface area contributed by atoms with Crippen LogP contribution < -0.4 is 10.2 Å². The number of halogens is 3. The summed E-state index contributed by atoms with van der Waals surface area (Å²) in [5.74, 6) is -1.01. The molecule has 4 nitrogen and oxygen atoms in total. The maximum absolute atomic E-state index is 12.8. The Morgan fingerprint density at radius 2 is 1.67 bits per heavy atom. The third-order valence-electron chi connectivity index (χ3n) is 3.24. The lowest BCUT2D eigenvalue weighted by atomic mass is 10.2. The van der Waals surface area contributed by atoms with Gasteiger partial charge in [-0.05, 0) is 35.9 Å². The smallest absolute Gasteiger partial charge is 0.240 e. The molecule has 0 aliphatic heterocycles. The van der Waals surface area contributed by atoms with Crippen molar-refractivity contribution in [3.63, 3.8) is 0 Å². The third kappa shape index (κ3) is 5.22. The molecule has 0 fully saturated rings. The Morgan fingerprint density at radius 3 is 2.21 bits per heavy atom. The summed E-state index contributed by atoms with van der Waals surface area (Å²) in [5.41, 5.74) is 1.20. The van der Waals surface area contributed by atoms with Gasteiger partial charge in [0.1, 0.15) is 12.4 Å². The topological polar surface area (TPSA) is 49.4 Å². The van der Waals surface area contributed by atoms with Gasteiger partial charge < -0.3 is 10.2 Å². The summed E-state index contributed by atoms with van der Waals surface area (Å²) in [5, 5.41) is 3.42. The molecule has 0 aliphatic carbocycles. The van der Waals surface area contributed by atoms with E-state index in [1.165, 1.54) is 24.0 Å². The van der Waals surface area contributed by atoms with E-state index < -0.39 is 0 Å². The molecule has 0 unspecified atom stereocenters. The molecule has 24 heavy (non-hydrogen) atoms. The SMILES string of the molecule is CC(=O)N(CC(=O)NCc1ccc(F)cc1)c1cc(Cl)cc(Cl)c1. The van der Waals surface area contributed by atoms with E-state index in [1.54, 1.807) is 30.3 Å². The van der Waals surface area contributed by atoms with Gasteiger partial charge in [-0.2, -0.15) is 0 Å². The van der Waals surface area contributed by atoms with Crippen LogP contribution in [0.5, 0.6) is 0 Å². The van der Waals surface area contributed by atoms with Crippen molar-refractivity contribution in [2.75, 3.05) is 11.4 Å². The lowest BCUT2D eigenvalue weighted by molar-refractivity contribution is -0.123. The first-order chi connectivity index (χ1) is 11.3. The van der Waals surface area contributed by atoms with Gasteiger partial charge in [0, 0.05) is 29.2 Å². The first-order valence-electron chi connectivity index (χ1n) is 7.10. The number of hydrogen-bond acceptors (Lipinski definition) is 2. The Hall–Kier alpha value is -2.11. The summed E-state index contributed by atoms with van der Waals surface area (Å²) in [6, 6.07) is 10.4. The molecular weight excluding hydrogens is 354 g/mol. The van der Waals surface area contributed by atoms with Crippen LogP contribution in [0.1, 0.15) is 12.5 Å². The van der Waals surface area contributed by atoms with Gasteiger partial charge in [-0.15, -0.1) is 0 Å². The van der Waals surface area contributed by atoms with Gasteiger partial charge in [-0.25, -0.2) is 4.39 Å². The van der Waals surface area contributed by atoms with Gasteiger partial charge in [0.15, 0.2) is 0 Å². The minimum atomic E-state index is -0.356. The predicted molar refractivity (Wildman–Crippen MR) is 92.7 cm³/mol. The second-order valence-electron chi connectivity index (χ2n) is 5.14. The molecule has 0 radical (unpaired) electrons. The molecule has 0 atom stereocenters. The van der Waals surface area contributed by atoms with E-state index in [0.29, 0.717) is 15.7 Å². The van der Waals surface area contributed by atoms with Crippen molar-refractivity contribution >= 4 is 40.7 Å². The number of nitrogens with one attached hydrogen (secondary N) is 1. The summed E-state index contributed by atoms with van der Waals surface area (Å²) in [6.45, 7) is 1.41. The first-order valence-corrected chi connectivity index (χ1v) is 7.86. The zero-order valence-electron chi connectivity index (χ0n) is 12.9. The predicted octanol–water partition coefficient (Wildman–Crippen LogP) is 3.80. The minimum absolute atomic E-state index is 0.173. The van der Waals surface area contributed by atoms with Crippen molar-refractivity contribution in [3.8, 4) is 0 Å². The standard InChI is InChI=1S/C17H15Cl2FN2O2/c1-11(23)22(16-7-13(18)6-14(19)8-16)10-17(24)21-9-12-2-4-15(20)5-3-12/h2-8H,9-10H2,1H3,(H,21,24). The quantitative estimate of drug-likeness (QED) is 0.872. The van der Waals surface area contributed by atoms with Crippen molar-refractivity contribution in [1.82, 2.24) is 5.32 Å². The van der Waals surface area contributed by atoms with Crippen LogP contribution in [0.3, 0.4) is 0 Å². The molecule has 7 heteroatoms. The summed E-state index contributed by atoms with van der Waals surface area (Å²) in [6.07, 6.45) is 0. The Kier molecular flexibility index (Phi) is 6.17. The minimum Gasteiger partial charge on any atom is -0.350 e. The van der Waals surface area contributed by atoms with Crippen molar-refractivity contribution in [2.45, 2.75) is 13.5 Å². The average molecular weight is 369 g/mol. The molecule has 126 valence electrons. The molecule has 2 rings (SSSR count). The van der Waals surface area contributed by atoms with E-state index in [0.717, 1.165) is 5.56 Å². The van der Waals surface area contributed by atoms with Gasteiger partial charge >= 0.3 is 0 Å². The van der Waals surface area contributed by atoms with Gasteiger partial charge in [0.25, 0.3) is 0 Å². The monoisotopic (exact) mass is 368 g/mol. The molecule has 0 bridgehead atoms. The zero-order chi connectivity index (χ0) is 17.7. The fourth-order valence-electron chi connectivity index (χ4n) is 2.08. The number of anilines is 1. The molecule has 2 amide bonds. The fourth-order valence-corrected chi connectivity index (χ4v) is 2.60. The highest BCUT2D eigenvalue weighted by Gasteiger charge is 2.16. The zero-order valence-corrected chi connectivity index (χ0v) is 14.4. The Bertz CT molecular complexity index is 731. The molecule has 0 spiro atoms. The molecule has 0 saturated carbocycles. The van der Waals surface area contributed by atoms with Gasteiger partial charge in [0.05, 0.1) is 0 Å². The molecule has 1 N–H and O–H groups in total. The highest BCUT2D eigenvalue weighted by Crippen LogP contribution is 2.25. The van der Waals surface area contributed by atoms with Crippen LogP contribution in [0.15, 0.2) is 42.5 Å². The van der Waals surface area contributed by atoms with Crippen LogP contribution >= 0.6 is 23.2 Å². The third-order valence-corrected chi connectivity index (χ3v) is 3.68. The maximum atomic E-state index is 12.8. The molecule has 0 heterocycles. The van der Waals surface area contributed by atoms with E-state index in [4.69, 9.17) is 23.2 Å². The molecule has 2 aromatic rings. The number of hydrogen-bond donors (Lipinski definition) is 1. The van der Waals surface area contributed by atoms with Crippen LogP contribution in [-0.4, -0.2) is 18.4 Å². The summed E-state index contributed by atoms with van der Waals surface area (Å²) in [7, 11) is 0. The van der Waals surface area contributed by atoms with Crippen LogP contribution in [0.2, 0.25) is 10.0 Å². The number of carbonyl (C=O) groups excluding carboxylic acids is 2. The van der Waals surface area contributed by atoms with E-state index in [1.807, 2.05) is 0 Å². The van der Waals surface area contributed by atoms with Crippen LogP contribution in [0.4, 0.5) is 10.1 Å². The first kappa shape index (κ1) is 18.2. The van der Waals surface area contributed by atoms with Crippen molar-refractivity contribution in [1.29, 1.82) is 0 Å². The molecule has 0 saturated heterocycles. The van der Waals surface area contributed by atoms with Crippen molar-refractivity contribution in [3.05, 3.63) is 63.9 Å². The fraction of sp³-hybridized carbons (Fsp3) is 0.176. The van der Waals surface area contributed by atoms with E-state index >= 15 is 0 Å². The summed E-state index contributed by atoms with van der Waals surface area (Å²) >= 11 is 11.9. The van der Waals surface area contributed by atoms with Crippen LogP contribution in [0, 0.1) is 5.82 Å². The number of benzene rings is 2. The Morgan fingerprint density at radius 1 is 1.08 bits per heavy atom. The Balaban J connectivity index is 2.03. The van der Waals surface area contributed by atoms with Crippen molar-refractivity contribution < 1.29 is 14.0 Å². The Labute approximate surface area is 149 Å². The molecule has 2 aromatic carbocycles. The lowest BCUT2D eigenvalue weighted by Crippen LogP contribution is -2.39. The second kappa shape index (κ2) is 8.13. The number of nitrogens with zero attached hydrogens (tertiary/aromatic N) is 1. The van der Waals surface area contributed by atoms with Gasteiger partial charge in [-0.3, -0.25) is 9.59 Å². The number of carbonyl (C=O) groups is 2. The molecular formula is C17H15Cl2FN2O2. The maximum Gasteiger partial charge on any atom is 0.240 e. The highest BCUT2D eigenvalue weighted by atomic mass is 35.5. The lowest BCUT2D eigenvalue weighted by Gasteiger charge is -2.21. The van der Waals surface area contributed by atoms with Gasteiger partial charge in [0.2, 0.25) is 11.8 Å². The van der Waals surface area contributed by atoms with E-state index in [9.17, 15) is 14.0 Å². The molecule has 0 aliphatic rings.